The topological polar surface area (TPSA) is 68.0 Å². The maximum Gasteiger partial charge on any atom is 0.221 e. The third-order valence-corrected chi connectivity index (χ3v) is 7.15. The van der Waals surface area contributed by atoms with Gasteiger partial charge in [-0.25, -0.2) is 0 Å². The van der Waals surface area contributed by atoms with Crippen LogP contribution in [0.3, 0.4) is 0 Å². The number of ether oxygens (including phenoxy) is 2. The standard InChI is InChI=1S/C30H35N3O3/c31-30(34)21-24-6-11-28-25(20-24)13-19-35-29(28)12-14-32-15-17-33(18-16-32)26-7-9-27(10-8-26)36-22-23-4-2-1-3-5-23/h1-11,20,29H,12-19,21-22H2,(H2,31,34). The van der Waals surface area contributed by atoms with Crippen LogP contribution in [0.4, 0.5) is 5.69 Å². The quantitative estimate of drug-likeness (QED) is 0.494. The lowest BCUT2D eigenvalue weighted by molar-refractivity contribution is -0.117. The van der Waals surface area contributed by atoms with E-state index in [1.807, 2.05) is 24.3 Å². The van der Waals surface area contributed by atoms with Gasteiger partial charge < -0.3 is 20.1 Å². The van der Waals surface area contributed by atoms with Crippen LogP contribution < -0.4 is 15.4 Å². The highest BCUT2D eigenvalue weighted by Gasteiger charge is 2.23. The van der Waals surface area contributed by atoms with Gasteiger partial charge in [-0.2, -0.15) is 0 Å². The third kappa shape index (κ3) is 6.25. The van der Waals surface area contributed by atoms with Crippen molar-refractivity contribution in [3.05, 3.63) is 95.1 Å². The van der Waals surface area contributed by atoms with Crippen LogP contribution in [-0.4, -0.2) is 50.1 Å². The van der Waals surface area contributed by atoms with Crippen molar-refractivity contribution in [3.8, 4) is 5.75 Å². The number of piperazine rings is 1. The van der Waals surface area contributed by atoms with Gasteiger partial charge in [0.2, 0.25) is 5.91 Å². The summed E-state index contributed by atoms with van der Waals surface area (Å²) in [6.07, 6.45) is 2.30. The number of carbonyl (C=O) groups is 1. The molecule has 2 aliphatic rings. The number of primary amides is 1. The van der Waals surface area contributed by atoms with Crippen LogP contribution in [-0.2, 0) is 29.0 Å². The molecule has 3 aromatic carbocycles. The average Bonchev–Trinajstić information content (AvgIpc) is 2.91. The highest BCUT2D eigenvalue weighted by atomic mass is 16.5. The molecule has 0 aromatic heterocycles. The zero-order valence-electron chi connectivity index (χ0n) is 20.8. The Hall–Kier alpha value is -3.35. The second kappa shape index (κ2) is 11.6. The molecule has 5 rings (SSSR count). The van der Waals surface area contributed by atoms with Gasteiger partial charge in [-0.15, -0.1) is 0 Å². The summed E-state index contributed by atoms with van der Waals surface area (Å²) in [4.78, 5) is 16.2. The fourth-order valence-corrected chi connectivity index (χ4v) is 5.16. The van der Waals surface area contributed by atoms with Crippen LogP contribution in [0.1, 0.15) is 34.8 Å². The second-order valence-electron chi connectivity index (χ2n) is 9.67. The molecule has 6 heteroatoms. The lowest BCUT2D eigenvalue weighted by Gasteiger charge is -2.37. The number of amides is 1. The molecular formula is C30H35N3O3. The van der Waals surface area contributed by atoms with Crippen LogP contribution in [0.25, 0.3) is 0 Å². The summed E-state index contributed by atoms with van der Waals surface area (Å²) in [5.74, 6) is 0.612. The lowest BCUT2D eigenvalue weighted by Crippen LogP contribution is -2.46. The van der Waals surface area contributed by atoms with E-state index in [0.717, 1.165) is 63.5 Å². The normalized spacial score (nSPS) is 18.0. The minimum absolute atomic E-state index is 0.123. The van der Waals surface area contributed by atoms with Crippen molar-refractivity contribution in [2.45, 2.75) is 32.0 Å². The monoisotopic (exact) mass is 485 g/mol. The Morgan fingerprint density at radius 2 is 1.72 bits per heavy atom. The van der Waals surface area contributed by atoms with E-state index in [9.17, 15) is 4.79 Å². The van der Waals surface area contributed by atoms with E-state index in [2.05, 4.69) is 58.3 Å². The average molecular weight is 486 g/mol. The molecule has 3 aromatic rings. The van der Waals surface area contributed by atoms with Crippen LogP contribution in [0.15, 0.2) is 72.8 Å². The molecular weight excluding hydrogens is 450 g/mol. The zero-order valence-corrected chi connectivity index (χ0v) is 20.8. The highest BCUT2D eigenvalue weighted by Crippen LogP contribution is 2.31. The van der Waals surface area contributed by atoms with Gasteiger partial charge in [0.05, 0.1) is 19.1 Å². The third-order valence-electron chi connectivity index (χ3n) is 7.15. The number of nitrogens with two attached hydrogens (primary N) is 1. The minimum atomic E-state index is -0.287. The molecule has 0 saturated carbocycles. The number of fused-ring (bicyclic) bond motifs is 1. The summed E-state index contributed by atoms with van der Waals surface area (Å²) in [5, 5.41) is 0. The molecule has 2 aliphatic heterocycles. The molecule has 1 fully saturated rings. The van der Waals surface area contributed by atoms with Gasteiger partial charge in [0, 0.05) is 38.4 Å². The lowest BCUT2D eigenvalue weighted by atomic mass is 9.93. The number of nitrogens with zero attached hydrogens (tertiary/aromatic N) is 2. The largest absolute Gasteiger partial charge is 0.489 e. The van der Waals surface area contributed by atoms with Crippen LogP contribution in [0.5, 0.6) is 5.75 Å². The molecule has 0 spiro atoms. The van der Waals surface area contributed by atoms with Crippen LogP contribution in [0, 0.1) is 0 Å². The molecule has 6 nitrogen and oxygen atoms in total. The fraction of sp³-hybridized carbons (Fsp3) is 0.367. The molecule has 1 amide bonds. The smallest absolute Gasteiger partial charge is 0.221 e. The van der Waals surface area contributed by atoms with Crippen molar-refractivity contribution < 1.29 is 14.3 Å². The van der Waals surface area contributed by atoms with E-state index in [0.29, 0.717) is 13.0 Å². The van der Waals surface area contributed by atoms with Crippen molar-refractivity contribution in [2.75, 3.05) is 44.2 Å². The zero-order chi connectivity index (χ0) is 24.7. The molecule has 36 heavy (non-hydrogen) atoms. The number of rotatable bonds is 9. The summed E-state index contributed by atoms with van der Waals surface area (Å²) < 4.78 is 12.1. The maximum atomic E-state index is 11.3. The van der Waals surface area contributed by atoms with Gasteiger partial charge in [0.25, 0.3) is 0 Å². The fourth-order valence-electron chi connectivity index (χ4n) is 5.16. The molecule has 188 valence electrons. The Kier molecular flexibility index (Phi) is 7.84. The molecule has 1 unspecified atom stereocenters. The second-order valence-corrected chi connectivity index (χ2v) is 9.67. The first-order valence-electron chi connectivity index (χ1n) is 12.9. The molecule has 2 heterocycles. The number of hydrogen-bond donors (Lipinski definition) is 1. The number of hydrogen-bond acceptors (Lipinski definition) is 5. The van der Waals surface area contributed by atoms with Crippen molar-refractivity contribution in [3.63, 3.8) is 0 Å². The Labute approximate surface area is 213 Å². The van der Waals surface area contributed by atoms with E-state index < -0.39 is 0 Å². The number of benzene rings is 3. The SMILES string of the molecule is NC(=O)Cc1ccc2c(c1)CCOC2CCN1CCN(c2ccc(OCc3ccccc3)cc2)CC1. The van der Waals surface area contributed by atoms with Gasteiger partial charge in [-0.1, -0.05) is 48.5 Å². The van der Waals surface area contributed by atoms with E-state index in [-0.39, 0.29) is 12.0 Å². The Balaban J connectivity index is 1.08. The summed E-state index contributed by atoms with van der Waals surface area (Å²) in [5.41, 5.74) is 11.3. The molecule has 1 saturated heterocycles. The van der Waals surface area contributed by atoms with Gasteiger partial charge in [0.1, 0.15) is 12.4 Å². The van der Waals surface area contributed by atoms with E-state index >= 15 is 0 Å². The van der Waals surface area contributed by atoms with Gasteiger partial charge in [-0.05, 0) is 59.4 Å². The summed E-state index contributed by atoms with van der Waals surface area (Å²) >= 11 is 0. The van der Waals surface area contributed by atoms with E-state index in [1.54, 1.807) is 0 Å². The molecule has 1 atom stereocenters. The first-order chi connectivity index (χ1) is 17.6. The van der Waals surface area contributed by atoms with Crippen LogP contribution >= 0.6 is 0 Å². The first-order valence-corrected chi connectivity index (χ1v) is 12.9. The van der Waals surface area contributed by atoms with E-state index in [1.165, 1.54) is 22.4 Å². The highest BCUT2D eigenvalue weighted by molar-refractivity contribution is 5.76. The van der Waals surface area contributed by atoms with Gasteiger partial charge in [0.15, 0.2) is 0 Å². The number of carbonyl (C=O) groups excluding carboxylic acids is 1. The van der Waals surface area contributed by atoms with Crippen molar-refractivity contribution in [1.82, 2.24) is 4.90 Å². The molecule has 0 bridgehead atoms. The molecule has 2 N–H and O–H groups in total. The Morgan fingerprint density at radius 1 is 0.944 bits per heavy atom. The van der Waals surface area contributed by atoms with Crippen molar-refractivity contribution in [2.24, 2.45) is 5.73 Å². The molecule has 0 radical (unpaired) electrons. The first kappa shape index (κ1) is 24.3. The minimum Gasteiger partial charge on any atom is -0.489 e. The predicted molar refractivity (Wildman–Crippen MR) is 142 cm³/mol. The number of anilines is 1. The Morgan fingerprint density at radius 3 is 2.47 bits per heavy atom. The maximum absolute atomic E-state index is 11.3. The Bertz CT molecular complexity index is 1140. The van der Waals surface area contributed by atoms with Gasteiger partial charge in [-0.3, -0.25) is 9.69 Å². The van der Waals surface area contributed by atoms with Crippen molar-refractivity contribution >= 4 is 11.6 Å². The summed E-state index contributed by atoms with van der Waals surface area (Å²) in [6, 6.07) is 25.0. The predicted octanol–water partition coefficient (Wildman–Crippen LogP) is 4.12. The summed E-state index contributed by atoms with van der Waals surface area (Å²) in [6.45, 7) is 6.46. The van der Waals surface area contributed by atoms with Crippen molar-refractivity contribution in [1.29, 1.82) is 0 Å². The van der Waals surface area contributed by atoms with Gasteiger partial charge >= 0.3 is 0 Å². The van der Waals surface area contributed by atoms with Crippen LogP contribution in [0.2, 0.25) is 0 Å². The molecule has 0 aliphatic carbocycles. The van der Waals surface area contributed by atoms with E-state index in [4.69, 9.17) is 15.2 Å². The summed E-state index contributed by atoms with van der Waals surface area (Å²) in [7, 11) is 0.